The molecule has 0 unspecified atom stereocenters. The van der Waals surface area contributed by atoms with E-state index in [4.69, 9.17) is 14.2 Å². The average Bonchev–Trinajstić information content (AvgIpc) is 3.35. The van der Waals surface area contributed by atoms with Crippen LogP contribution in [0.2, 0.25) is 0 Å². The van der Waals surface area contributed by atoms with Gasteiger partial charge in [0.25, 0.3) is 5.91 Å². The Bertz CT molecular complexity index is 1300. The number of carbonyl (C=O) groups excluding carboxylic acids is 1. The molecule has 1 heterocycles. The van der Waals surface area contributed by atoms with Crippen LogP contribution in [0.1, 0.15) is 15.9 Å². The van der Waals surface area contributed by atoms with E-state index >= 15 is 0 Å². The molecule has 4 aromatic rings. The van der Waals surface area contributed by atoms with E-state index in [1.54, 1.807) is 44.3 Å². The summed E-state index contributed by atoms with van der Waals surface area (Å²) in [7, 11) is 4.63. The summed E-state index contributed by atoms with van der Waals surface area (Å²) in [6.45, 7) is 0. The van der Waals surface area contributed by atoms with Gasteiger partial charge in [-0.3, -0.25) is 4.79 Å². The topological polar surface area (TPSA) is 87.0 Å². The lowest BCUT2D eigenvalue weighted by Crippen LogP contribution is -2.18. The number of ether oxygens (including phenoxy) is 3. The minimum atomic E-state index is -0.392. The van der Waals surface area contributed by atoms with Gasteiger partial charge in [-0.2, -0.15) is 10.2 Å². The lowest BCUT2D eigenvalue weighted by molar-refractivity contribution is 0.0955. The van der Waals surface area contributed by atoms with Crippen molar-refractivity contribution < 1.29 is 19.0 Å². The lowest BCUT2D eigenvalue weighted by atomic mass is 10.1. The summed E-state index contributed by atoms with van der Waals surface area (Å²) in [6.07, 6.45) is 3.18. The van der Waals surface area contributed by atoms with Crippen molar-refractivity contribution in [1.29, 1.82) is 0 Å². The van der Waals surface area contributed by atoms with E-state index in [0.29, 0.717) is 34.1 Å². The van der Waals surface area contributed by atoms with Crippen LogP contribution in [0, 0.1) is 0 Å². The van der Waals surface area contributed by atoms with Gasteiger partial charge in [-0.25, -0.2) is 10.1 Å². The molecule has 172 valence electrons. The molecule has 1 aromatic heterocycles. The number of nitrogens with zero attached hydrogens (tertiary/aromatic N) is 3. The van der Waals surface area contributed by atoms with E-state index in [-0.39, 0.29) is 0 Å². The van der Waals surface area contributed by atoms with Gasteiger partial charge in [0, 0.05) is 23.4 Å². The minimum absolute atomic E-state index is 0.392. The molecule has 1 N–H and O–H groups in total. The molecule has 0 radical (unpaired) electrons. The van der Waals surface area contributed by atoms with Crippen LogP contribution in [0.4, 0.5) is 0 Å². The Morgan fingerprint density at radius 2 is 1.50 bits per heavy atom. The normalized spacial score (nSPS) is 10.8. The van der Waals surface area contributed by atoms with Crippen molar-refractivity contribution in [3.63, 3.8) is 0 Å². The second-order valence-electron chi connectivity index (χ2n) is 7.19. The molecular formula is C26H24N4O4. The highest BCUT2D eigenvalue weighted by atomic mass is 16.5. The Morgan fingerprint density at radius 1 is 0.882 bits per heavy atom. The standard InChI is InChI=1S/C26H24N4O4/c1-32-22-15-24(34-3)23(33-2)14-19(22)16-27-28-26(31)21-17-30(20-12-8-5-9-13-20)29-25(21)18-10-6-4-7-11-18/h4-17H,1-3H3,(H,28,31). The largest absolute Gasteiger partial charge is 0.496 e. The molecule has 0 aliphatic heterocycles. The SMILES string of the molecule is COc1cc(OC)c(OC)cc1C=NNC(=O)c1cn(-c2ccccc2)nc1-c1ccccc1. The van der Waals surface area contributed by atoms with Crippen LogP contribution in [0.5, 0.6) is 17.2 Å². The third-order valence-corrected chi connectivity index (χ3v) is 5.13. The first-order valence-electron chi connectivity index (χ1n) is 10.5. The van der Waals surface area contributed by atoms with Crippen LogP contribution in [0.25, 0.3) is 16.9 Å². The van der Waals surface area contributed by atoms with Gasteiger partial charge in [-0.05, 0) is 18.2 Å². The molecule has 0 fully saturated rings. The molecule has 0 spiro atoms. The number of rotatable bonds is 8. The zero-order valence-electron chi connectivity index (χ0n) is 19.1. The predicted molar refractivity (Wildman–Crippen MR) is 130 cm³/mol. The number of hydrogen-bond acceptors (Lipinski definition) is 6. The summed E-state index contributed by atoms with van der Waals surface area (Å²) in [5, 5.41) is 8.80. The van der Waals surface area contributed by atoms with Crippen molar-refractivity contribution in [2.75, 3.05) is 21.3 Å². The minimum Gasteiger partial charge on any atom is -0.496 e. The van der Waals surface area contributed by atoms with E-state index in [0.717, 1.165) is 11.3 Å². The smallest absolute Gasteiger partial charge is 0.275 e. The van der Waals surface area contributed by atoms with Crippen LogP contribution in [0.3, 0.4) is 0 Å². The molecule has 8 heteroatoms. The highest BCUT2D eigenvalue weighted by Gasteiger charge is 2.18. The van der Waals surface area contributed by atoms with Crippen molar-refractivity contribution >= 4 is 12.1 Å². The number of methoxy groups -OCH3 is 3. The van der Waals surface area contributed by atoms with Crippen molar-refractivity contribution in [1.82, 2.24) is 15.2 Å². The first-order chi connectivity index (χ1) is 16.6. The fourth-order valence-electron chi connectivity index (χ4n) is 3.44. The summed E-state index contributed by atoms with van der Waals surface area (Å²) in [5.74, 6) is 1.18. The van der Waals surface area contributed by atoms with E-state index in [9.17, 15) is 4.79 Å². The molecular weight excluding hydrogens is 432 g/mol. The second-order valence-corrected chi connectivity index (χ2v) is 7.19. The lowest BCUT2D eigenvalue weighted by Gasteiger charge is -2.11. The number of carbonyl (C=O) groups is 1. The summed E-state index contributed by atoms with van der Waals surface area (Å²) < 4.78 is 17.7. The molecule has 0 atom stereocenters. The van der Waals surface area contributed by atoms with Gasteiger partial charge < -0.3 is 14.2 Å². The zero-order valence-corrected chi connectivity index (χ0v) is 19.1. The summed E-state index contributed by atoms with van der Waals surface area (Å²) in [4.78, 5) is 13.1. The number of nitrogens with one attached hydrogen (secondary N) is 1. The fraction of sp³-hybridized carbons (Fsp3) is 0.115. The van der Waals surface area contributed by atoms with Gasteiger partial charge in [0.15, 0.2) is 11.5 Å². The first kappa shape index (κ1) is 22.6. The highest BCUT2D eigenvalue weighted by molar-refractivity contribution is 6.00. The van der Waals surface area contributed by atoms with Gasteiger partial charge >= 0.3 is 0 Å². The Morgan fingerprint density at radius 3 is 2.15 bits per heavy atom. The third-order valence-electron chi connectivity index (χ3n) is 5.13. The molecule has 0 bridgehead atoms. The predicted octanol–water partition coefficient (Wildman–Crippen LogP) is 4.33. The molecule has 0 aliphatic carbocycles. The number of hydrogen-bond donors (Lipinski definition) is 1. The zero-order chi connectivity index (χ0) is 23.9. The number of para-hydroxylation sites is 1. The van der Waals surface area contributed by atoms with Crippen LogP contribution in [0.15, 0.2) is 84.1 Å². The molecule has 0 saturated heterocycles. The molecule has 3 aromatic carbocycles. The molecule has 0 saturated carbocycles. The van der Waals surface area contributed by atoms with E-state index in [2.05, 4.69) is 15.6 Å². The van der Waals surface area contributed by atoms with Crippen LogP contribution in [-0.4, -0.2) is 43.2 Å². The van der Waals surface area contributed by atoms with Gasteiger partial charge in [0.1, 0.15) is 11.4 Å². The van der Waals surface area contributed by atoms with Crippen molar-refractivity contribution in [2.24, 2.45) is 5.10 Å². The first-order valence-corrected chi connectivity index (χ1v) is 10.5. The average molecular weight is 457 g/mol. The van der Waals surface area contributed by atoms with Gasteiger partial charge in [0.05, 0.1) is 38.8 Å². The molecule has 1 amide bonds. The molecule has 4 rings (SSSR count). The Hall–Kier alpha value is -4.59. The van der Waals surface area contributed by atoms with Crippen molar-refractivity contribution in [3.05, 3.63) is 90.1 Å². The number of hydrazone groups is 1. The monoisotopic (exact) mass is 456 g/mol. The van der Waals surface area contributed by atoms with Gasteiger partial charge in [0.2, 0.25) is 0 Å². The summed E-state index contributed by atoms with van der Waals surface area (Å²) in [5.41, 5.74) is 5.83. The maximum absolute atomic E-state index is 13.1. The fourth-order valence-corrected chi connectivity index (χ4v) is 3.44. The van der Waals surface area contributed by atoms with E-state index < -0.39 is 5.91 Å². The third kappa shape index (κ3) is 4.75. The highest BCUT2D eigenvalue weighted by Crippen LogP contribution is 2.33. The summed E-state index contributed by atoms with van der Waals surface area (Å²) in [6, 6.07) is 22.6. The molecule has 0 aliphatic rings. The number of benzene rings is 3. The quantitative estimate of drug-likeness (QED) is 0.315. The van der Waals surface area contributed by atoms with Crippen molar-refractivity contribution in [3.8, 4) is 34.2 Å². The number of amides is 1. The van der Waals surface area contributed by atoms with E-state index in [1.165, 1.54) is 6.21 Å². The second kappa shape index (κ2) is 10.4. The Kier molecular flexibility index (Phi) is 6.88. The maximum atomic E-state index is 13.1. The Balaban J connectivity index is 1.63. The molecule has 8 nitrogen and oxygen atoms in total. The van der Waals surface area contributed by atoms with Crippen molar-refractivity contribution in [2.45, 2.75) is 0 Å². The number of aromatic nitrogens is 2. The molecule has 34 heavy (non-hydrogen) atoms. The van der Waals surface area contributed by atoms with E-state index in [1.807, 2.05) is 60.7 Å². The summed E-state index contributed by atoms with van der Waals surface area (Å²) >= 11 is 0. The van der Waals surface area contributed by atoms with Crippen LogP contribution < -0.4 is 19.6 Å². The van der Waals surface area contributed by atoms with Gasteiger partial charge in [-0.1, -0.05) is 48.5 Å². The van der Waals surface area contributed by atoms with Crippen LogP contribution >= 0.6 is 0 Å². The van der Waals surface area contributed by atoms with Crippen LogP contribution in [-0.2, 0) is 0 Å². The maximum Gasteiger partial charge on any atom is 0.275 e. The van der Waals surface area contributed by atoms with Gasteiger partial charge in [-0.15, -0.1) is 0 Å². The Labute approximate surface area is 197 Å².